The molecular formula is C12H13ClN2S. The molecule has 84 valence electrons. The van der Waals surface area contributed by atoms with E-state index in [1.165, 1.54) is 5.56 Å². The molecule has 1 atom stereocenters. The Bertz CT molecular complexity index is 468. The highest BCUT2D eigenvalue weighted by Crippen LogP contribution is 2.26. The van der Waals surface area contributed by atoms with Crippen molar-refractivity contribution in [2.24, 2.45) is 0 Å². The maximum Gasteiger partial charge on any atom is 0.152 e. The van der Waals surface area contributed by atoms with E-state index in [1.807, 2.05) is 13.0 Å². The van der Waals surface area contributed by atoms with E-state index in [0.717, 1.165) is 11.3 Å². The van der Waals surface area contributed by atoms with Crippen molar-refractivity contribution in [1.29, 1.82) is 0 Å². The molecule has 2 rings (SSSR count). The maximum absolute atomic E-state index is 6.03. The van der Waals surface area contributed by atoms with Crippen LogP contribution in [0.4, 0.5) is 5.69 Å². The summed E-state index contributed by atoms with van der Waals surface area (Å²) in [5, 5.41) is 8.09. The van der Waals surface area contributed by atoms with Crippen molar-refractivity contribution >= 4 is 28.6 Å². The largest absolute Gasteiger partial charge is 0.376 e. The lowest BCUT2D eigenvalue weighted by molar-refractivity contribution is 0.888. The van der Waals surface area contributed by atoms with Gasteiger partial charge >= 0.3 is 0 Å². The predicted molar refractivity (Wildman–Crippen MR) is 70.3 cm³/mol. The zero-order valence-electron chi connectivity index (χ0n) is 9.20. The quantitative estimate of drug-likeness (QED) is 0.825. The highest BCUT2D eigenvalue weighted by molar-refractivity contribution is 7.07. The standard InChI is InChI=1S/C12H13ClN2S/c1-8-5-11(12(13)14-6-8)15-9(2)10-3-4-16-7-10/h3-7,9,15H,1-2H3. The summed E-state index contributed by atoms with van der Waals surface area (Å²) in [6, 6.07) is 4.37. The zero-order chi connectivity index (χ0) is 11.5. The smallest absolute Gasteiger partial charge is 0.152 e. The summed E-state index contributed by atoms with van der Waals surface area (Å²) in [5.41, 5.74) is 3.26. The van der Waals surface area contributed by atoms with E-state index in [9.17, 15) is 0 Å². The molecule has 0 radical (unpaired) electrons. The van der Waals surface area contributed by atoms with Crippen LogP contribution in [0.15, 0.2) is 29.1 Å². The fourth-order valence-electron chi connectivity index (χ4n) is 1.49. The van der Waals surface area contributed by atoms with Gasteiger partial charge in [-0.3, -0.25) is 0 Å². The van der Waals surface area contributed by atoms with Gasteiger partial charge in [-0.1, -0.05) is 11.6 Å². The third-order valence-corrected chi connectivity index (χ3v) is 3.39. The molecule has 0 bridgehead atoms. The van der Waals surface area contributed by atoms with Crippen molar-refractivity contribution in [2.75, 3.05) is 5.32 Å². The third kappa shape index (κ3) is 2.54. The van der Waals surface area contributed by atoms with Gasteiger partial charge in [-0.05, 0) is 47.9 Å². The lowest BCUT2D eigenvalue weighted by Crippen LogP contribution is -2.06. The van der Waals surface area contributed by atoms with Gasteiger partial charge in [-0.25, -0.2) is 4.98 Å². The SMILES string of the molecule is Cc1cnc(Cl)c(NC(C)c2ccsc2)c1. The fraction of sp³-hybridized carbons (Fsp3) is 0.250. The third-order valence-electron chi connectivity index (χ3n) is 2.39. The molecule has 2 aromatic heterocycles. The monoisotopic (exact) mass is 252 g/mol. The van der Waals surface area contributed by atoms with E-state index in [2.05, 4.69) is 34.1 Å². The molecule has 0 saturated carbocycles. The van der Waals surface area contributed by atoms with Gasteiger partial charge in [0.15, 0.2) is 5.15 Å². The van der Waals surface area contributed by atoms with E-state index in [4.69, 9.17) is 11.6 Å². The summed E-state index contributed by atoms with van der Waals surface area (Å²) in [7, 11) is 0. The van der Waals surface area contributed by atoms with Crippen LogP contribution in [0.5, 0.6) is 0 Å². The number of nitrogens with one attached hydrogen (secondary N) is 1. The molecule has 16 heavy (non-hydrogen) atoms. The molecule has 2 aromatic rings. The van der Waals surface area contributed by atoms with Gasteiger partial charge in [-0.2, -0.15) is 11.3 Å². The van der Waals surface area contributed by atoms with Crippen LogP contribution in [0, 0.1) is 6.92 Å². The van der Waals surface area contributed by atoms with E-state index in [1.54, 1.807) is 17.5 Å². The average molecular weight is 253 g/mol. The first kappa shape index (κ1) is 11.4. The minimum atomic E-state index is 0.243. The number of pyridine rings is 1. The van der Waals surface area contributed by atoms with Gasteiger partial charge < -0.3 is 5.32 Å². The lowest BCUT2D eigenvalue weighted by Gasteiger charge is -2.15. The minimum Gasteiger partial charge on any atom is -0.376 e. The molecule has 4 heteroatoms. The van der Waals surface area contributed by atoms with Crippen LogP contribution in [0.3, 0.4) is 0 Å². The van der Waals surface area contributed by atoms with Gasteiger partial charge in [0.05, 0.1) is 5.69 Å². The Balaban J connectivity index is 2.17. The second kappa shape index (κ2) is 4.85. The van der Waals surface area contributed by atoms with Crippen molar-refractivity contribution in [2.45, 2.75) is 19.9 Å². The van der Waals surface area contributed by atoms with Crippen LogP contribution in [0.25, 0.3) is 0 Å². The molecule has 0 aliphatic heterocycles. The van der Waals surface area contributed by atoms with Gasteiger partial charge in [0.25, 0.3) is 0 Å². The Kier molecular flexibility index (Phi) is 3.46. The molecule has 0 saturated heterocycles. The van der Waals surface area contributed by atoms with E-state index < -0.39 is 0 Å². The van der Waals surface area contributed by atoms with Crippen molar-refractivity contribution in [1.82, 2.24) is 4.98 Å². The number of rotatable bonds is 3. The highest BCUT2D eigenvalue weighted by atomic mass is 35.5. The first-order valence-electron chi connectivity index (χ1n) is 5.07. The van der Waals surface area contributed by atoms with Crippen LogP contribution in [-0.2, 0) is 0 Å². The first-order chi connectivity index (χ1) is 7.66. The van der Waals surface area contributed by atoms with Gasteiger partial charge in [-0.15, -0.1) is 0 Å². The van der Waals surface area contributed by atoms with Crippen LogP contribution in [-0.4, -0.2) is 4.98 Å². The molecule has 0 spiro atoms. The normalized spacial score (nSPS) is 12.4. The Morgan fingerprint density at radius 2 is 2.31 bits per heavy atom. The predicted octanol–water partition coefficient (Wildman–Crippen LogP) is 4.28. The summed E-state index contributed by atoms with van der Waals surface area (Å²) >= 11 is 7.73. The molecule has 0 aliphatic carbocycles. The van der Waals surface area contributed by atoms with Gasteiger partial charge in [0.1, 0.15) is 0 Å². The van der Waals surface area contributed by atoms with Crippen molar-refractivity contribution in [3.63, 3.8) is 0 Å². The summed E-state index contributed by atoms with van der Waals surface area (Å²) in [4.78, 5) is 4.12. The fourth-order valence-corrected chi connectivity index (χ4v) is 2.40. The Morgan fingerprint density at radius 1 is 1.50 bits per heavy atom. The van der Waals surface area contributed by atoms with Crippen LogP contribution < -0.4 is 5.32 Å². The van der Waals surface area contributed by atoms with Crippen molar-refractivity contribution in [3.05, 3.63) is 45.4 Å². The van der Waals surface area contributed by atoms with E-state index in [0.29, 0.717) is 5.15 Å². The topological polar surface area (TPSA) is 24.9 Å². The molecule has 2 heterocycles. The maximum atomic E-state index is 6.03. The Hall–Kier alpha value is -1.06. The number of nitrogens with zero attached hydrogens (tertiary/aromatic N) is 1. The number of hydrogen-bond donors (Lipinski definition) is 1. The number of aromatic nitrogens is 1. The van der Waals surface area contributed by atoms with Gasteiger partial charge in [0.2, 0.25) is 0 Å². The lowest BCUT2D eigenvalue weighted by atomic mass is 10.2. The van der Waals surface area contributed by atoms with Crippen molar-refractivity contribution in [3.8, 4) is 0 Å². The van der Waals surface area contributed by atoms with Crippen LogP contribution in [0.2, 0.25) is 5.15 Å². The number of thiophene rings is 1. The Morgan fingerprint density at radius 3 is 3.00 bits per heavy atom. The molecule has 2 nitrogen and oxygen atoms in total. The zero-order valence-corrected chi connectivity index (χ0v) is 10.8. The van der Waals surface area contributed by atoms with Crippen molar-refractivity contribution < 1.29 is 0 Å². The van der Waals surface area contributed by atoms with Crippen LogP contribution >= 0.6 is 22.9 Å². The van der Waals surface area contributed by atoms with Crippen LogP contribution in [0.1, 0.15) is 24.1 Å². The number of hydrogen-bond acceptors (Lipinski definition) is 3. The molecular weight excluding hydrogens is 240 g/mol. The number of aryl methyl sites for hydroxylation is 1. The number of anilines is 1. The summed E-state index contributed by atoms with van der Waals surface area (Å²) in [5.74, 6) is 0. The molecule has 0 fully saturated rings. The second-order valence-electron chi connectivity index (χ2n) is 3.77. The second-order valence-corrected chi connectivity index (χ2v) is 4.91. The molecule has 1 N–H and O–H groups in total. The average Bonchev–Trinajstić information content (AvgIpc) is 2.76. The highest BCUT2D eigenvalue weighted by Gasteiger charge is 2.08. The first-order valence-corrected chi connectivity index (χ1v) is 6.39. The summed E-state index contributed by atoms with van der Waals surface area (Å²) in [6.45, 7) is 4.12. The van der Waals surface area contributed by atoms with Gasteiger partial charge in [0, 0.05) is 12.2 Å². The summed E-state index contributed by atoms with van der Waals surface area (Å²) < 4.78 is 0. The molecule has 0 aliphatic rings. The molecule has 1 unspecified atom stereocenters. The Labute approximate surface area is 104 Å². The number of halogens is 1. The van der Waals surface area contributed by atoms with E-state index in [-0.39, 0.29) is 6.04 Å². The van der Waals surface area contributed by atoms with E-state index >= 15 is 0 Å². The summed E-state index contributed by atoms with van der Waals surface area (Å²) in [6.07, 6.45) is 1.77. The molecule has 0 amide bonds. The molecule has 0 aromatic carbocycles. The minimum absolute atomic E-state index is 0.243.